The van der Waals surface area contributed by atoms with E-state index in [4.69, 9.17) is 9.47 Å². The van der Waals surface area contributed by atoms with Crippen molar-refractivity contribution in [3.63, 3.8) is 0 Å². The van der Waals surface area contributed by atoms with E-state index < -0.39 is 0 Å². The van der Waals surface area contributed by atoms with Crippen molar-refractivity contribution in [3.05, 3.63) is 36.2 Å². The van der Waals surface area contributed by atoms with E-state index in [2.05, 4.69) is 15.6 Å². The van der Waals surface area contributed by atoms with Crippen molar-refractivity contribution in [1.29, 1.82) is 0 Å². The number of urea groups is 1. The number of nitrogens with zero attached hydrogens (tertiary/aromatic N) is 5. The molecule has 11 heteroatoms. The maximum Gasteiger partial charge on any atom is 0.321 e. The average molecular weight is 489 g/mol. The van der Waals surface area contributed by atoms with Gasteiger partial charge < -0.3 is 29.7 Å². The third-order valence-electron chi connectivity index (χ3n) is 6.17. The number of methoxy groups -OCH3 is 1. The Bertz CT molecular complexity index is 983. The number of aliphatic hydroxyl groups is 1. The molecule has 3 atom stereocenters. The quantitative estimate of drug-likeness (QED) is 0.637. The summed E-state index contributed by atoms with van der Waals surface area (Å²) in [4.78, 5) is 29.1. The predicted molar refractivity (Wildman–Crippen MR) is 130 cm³/mol. The molecule has 35 heavy (non-hydrogen) atoms. The summed E-state index contributed by atoms with van der Waals surface area (Å²) in [7, 11) is 3.27. The highest BCUT2D eigenvalue weighted by atomic mass is 16.5. The summed E-state index contributed by atoms with van der Waals surface area (Å²) in [5.41, 5.74) is 1.31. The molecule has 1 aliphatic rings. The molecule has 11 nitrogen and oxygen atoms in total. The predicted octanol–water partition coefficient (Wildman–Crippen LogP) is 1.98. The fourth-order valence-electron chi connectivity index (χ4n) is 3.97. The molecule has 192 valence electrons. The summed E-state index contributed by atoms with van der Waals surface area (Å²) in [6.07, 6.45) is 2.41. The number of ether oxygens (including phenoxy) is 2. The van der Waals surface area contributed by atoms with Crippen LogP contribution in [0, 0.1) is 5.92 Å². The molecule has 0 fully saturated rings. The molecule has 1 aromatic carbocycles. The first-order valence-corrected chi connectivity index (χ1v) is 11.9. The number of aromatic nitrogens is 3. The van der Waals surface area contributed by atoms with E-state index in [1.54, 1.807) is 52.9 Å². The number of aliphatic hydroxyl groups excluding tert-OH is 1. The molecular formula is C24H36N6O5. The second-order valence-electron chi connectivity index (χ2n) is 9.02. The standard InChI is InChI=1S/C24H36N6O5/c1-17-12-30(18(2)15-31)23(32)9-6-10-29-13-20(26-27-29)16-35-22(17)14-28(3)24(33)25-19-7-5-8-21(11-19)34-4/h5,7-8,11,13,17-18,22,31H,6,9-10,12,14-16H2,1-4H3,(H,25,33)/t17-,18-,22-/m0/s1. The lowest BCUT2D eigenvalue weighted by Gasteiger charge is -2.35. The van der Waals surface area contributed by atoms with Crippen LogP contribution in [0.1, 0.15) is 32.4 Å². The first kappa shape index (κ1) is 26.4. The van der Waals surface area contributed by atoms with Crippen molar-refractivity contribution in [2.24, 2.45) is 5.92 Å². The summed E-state index contributed by atoms with van der Waals surface area (Å²) in [5, 5.41) is 20.9. The van der Waals surface area contributed by atoms with Gasteiger partial charge in [0, 0.05) is 50.8 Å². The summed E-state index contributed by atoms with van der Waals surface area (Å²) in [5.74, 6) is 0.505. The van der Waals surface area contributed by atoms with Crippen LogP contribution in [-0.2, 0) is 22.7 Å². The zero-order valence-corrected chi connectivity index (χ0v) is 20.9. The van der Waals surface area contributed by atoms with Crippen molar-refractivity contribution in [3.8, 4) is 5.75 Å². The molecule has 2 aromatic rings. The summed E-state index contributed by atoms with van der Waals surface area (Å²) < 4.78 is 13.1. The molecule has 3 amide bonds. The molecule has 0 saturated carbocycles. The van der Waals surface area contributed by atoms with Crippen LogP contribution in [0.5, 0.6) is 5.75 Å². The second-order valence-corrected chi connectivity index (χ2v) is 9.02. The van der Waals surface area contributed by atoms with Crippen LogP contribution in [0.2, 0.25) is 0 Å². The van der Waals surface area contributed by atoms with Crippen LogP contribution in [0.25, 0.3) is 0 Å². The molecule has 3 rings (SSSR count). The highest BCUT2D eigenvalue weighted by Gasteiger charge is 2.28. The molecule has 0 aliphatic carbocycles. The summed E-state index contributed by atoms with van der Waals surface area (Å²) >= 11 is 0. The number of hydrogen-bond donors (Lipinski definition) is 2. The van der Waals surface area contributed by atoms with Gasteiger partial charge in [-0.15, -0.1) is 5.10 Å². The van der Waals surface area contributed by atoms with E-state index in [0.717, 1.165) is 0 Å². The van der Waals surface area contributed by atoms with Gasteiger partial charge in [-0.1, -0.05) is 18.2 Å². The highest BCUT2D eigenvalue weighted by molar-refractivity contribution is 5.89. The van der Waals surface area contributed by atoms with Crippen LogP contribution in [0.3, 0.4) is 0 Å². The van der Waals surface area contributed by atoms with E-state index in [1.807, 2.05) is 20.0 Å². The number of carbonyl (C=O) groups excluding carboxylic acids is 2. The number of hydrogen-bond acceptors (Lipinski definition) is 7. The van der Waals surface area contributed by atoms with Gasteiger partial charge in [0.2, 0.25) is 5.91 Å². The third-order valence-corrected chi connectivity index (χ3v) is 6.17. The average Bonchev–Trinajstić information content (AvgIpc) is 3.31. The minimum Gasteiger partial charge on any atom is -0.497 e. The molecule has 0 unspecified atom stereocenters. The van der Waals surface area contributed by atoms with E-state index in [-0.39, 0.29) is 43.2 Å². The van der Waals surface area contributed by atoms with E-state index >= 15 is 0 Å². The molecule has 1 aliphatic heterocycles. The number of anilines is 1. The Balaban J connectivity index is 1.75. The van der Waals surface area contributed by atoms with Crippen LogP contribution in [0.4, 0.5) is 10.5 Å². The number of aryl methyl sites for hydroxylation is 1. The minimum absolute atomic E-state index is 0.0270. The first-order valence-electron chi connectivity index (χ1n) is 11.9. The van der Waals surface area contributed by atoms with Crippen LogP contribution < -0.4 is 10.1 Å². The van der Waals surface area contributed by atoms with Gasteiger partial charge in [-0.2, -0.15) is 0 Å². The fraction of sp³-hybridized carbons (Fsp3) is 0.583. The van der Waals surface area contributed by atoms with Gasteiger partial charge in [-0.25, -0.2) is 4.79 Å². The summed E-state index contributed by atoms with van der Waals surface area (Å²) in [6, 6.07) is 6.53. The molecule has 2 bridgehead atoms. The van der Waals surface area contributed by atoms with E-state index in [1.165, 1.54) is 0 Å². The normalized spacial score (nSPS) is 20.3. The Hall–Kier alpha value is -3.18. The first-order chi connectivity index (χ1) is 16.8. The van der Waals surface area contributed by atoms with Gasteiger partial charge >= 0.3 is 6.03 Å². The lowest BCUT2D eigenvalue weighted by Crippen LogP contribution is -2.48. The Morgan fingerprint density at radius 2 is 2.23 bits per heavy atom. The lowest BCUT2D eigenvalue weighted by atomic mass is 10.0. The largest absolute Gasteiger partial charge is 0.497 e. The van der Waals surface area contributed by atoms with Gasteiger partial charge in [-0.3, -0.25) is 9.48 Å². The molecular weight excluding hydrogens is 452 g/mol. The molecule has 0 saturated heterocycles. The number of benzene rings is 1. The summed E-state index contributed by atoms with van der Waals surface area (Å²) in [6.45, 7) is 5.20. The Labute approximate surface area is 206 Å². The minimum atomic E-state index is -0.386. The smallest absolute Gasteiger partial charge is 0.321 e. The van der Waals surface area contributed by atoms with Crippen LogP contribution in [-0.4, -0.2) is 87.8 Å². The molecule has 2 N–H and O–H groups in total. The van der Waals surface area contributed by atoms with E-state index in [9.17, 15) is 14.7 Å². The molecule has 0 radical (unpaired) electrons. The van der Waals surface area contributed by atoms with Crippen molar-refractivity contribution < 1.29 is 24.2 Å². The molecule has 0 spiro atoms. The van der Waals surface area contributed by atoms with Crippen molar-refractivity contribution >= 4 is 17.6 Å². The number of fused-ring (bicyclic) bond motifs is 2. The van der Waals surface area contributed by atoms with Crippen molar-refractivity contribution in [2.75, 3.05) is 39.2 Å². The topological polar surface area (TPSA) is 122 Å². The maximum atomic E-state index is 13.0. The molecule has 2 heterocycles. The van der Waals surface area contributed by atoms with Crippen molar-refractivity contribution in [1.82, 2.24) is 24.8 Å². The monoisotopic (exact) mass is 488 g/mol. The number of nitrogens with one attached hydrogen (secondary N) is 1. The zero-order chi connectivity index (χ0) is 25.4. The molecule has 1 aromatic heterocycles. The van der Waals surface area contributed by atoms with Crippen LogP contribution in [0.15, 0.2) is 30.5 Å². The van der Waals surface area contributed by atoms with Gasteiger partial charge in [-0.05, 0) is 25.5 Å². The lowest BCUT2D eigenvalue weighted by molar-refractivity contribution is -0.136. The zero-order valence-electron chi connectivity index (χ0n) is 20.9. The number of likely N-dealkylation sites (N-methyl/N-ethyl adjacent to an activating group) is 1. The van der Waals surface area contributed by atoms with Gasteiger partial charge in [0.15, 0.2) is 0 Å². The third kappa shape index (κ3) is 7.40. The van der Waals surface area contributed by atoms with Gasteiger partial charge in [0.25, 0.3) is 0 Å². The maximum absolute atomic E-state index is 13.0. The fourth-order valence-corrected chi connectivity index (χ4v) is 3.97. The highest BCUT2D eigenvalue weighted by Crippen LogP contribution is 2.19. The Morgan fingerprint density at radius 1 is 1.43 bits per heavy atom. The van der Waals surface area contributed by atoms with Gasteiger partial charge in [0.05, 0.1) is 38.7 Å². The van der Waals surface area contributed by atoms with E-state index in [0.29, 0.717) is 49.6 Å². The number of carbonyl (C=O) groups is 2. The SMILES string of the molecule is COc1cccc(NC(=O)N(C)C[C@@H]2OCc3cn(nn3)CCCC(=O)N([C@@H](C)CO)C[C@@H]2C)c1. The Kier molecular flexibility index (Phi) is 9.44. The number of rotatable bonds is 6. The van der Waals surface area contributed by atoms with Crippen LogP contribution >= 0.6 is 0 Å². The van der Waals surface area contributed by atoms with Crippen molar-refractivity contribution in [2.45, 2.75) is 52.0 Å². The number of amides is 3. The van der Waals surface area contributed by atoms with Gasteiger partial charge in [0.1, 0.15) is 11.4 Å². The second kappa shape index (κ2) is 12.5. The Morgan fingerprint density at radius 3 is 2.97 bits per heavy atom.